The SMILES string of the molecule is CCOC(=O)C1CCN(c2ncnc(Nc3cc(C)c(C)c(OC)c3)c2[N+](=O)[O-])CC1. The molecule has 1 saturated heterocycles. The van der Waals surface area contributed by atoms with Gasteiger partial charge in [0.25, 0.3) is 0 Å². The van der Waals surface area contributed by atoms with Crippen LogP contribution in [-0.2, 0) is 9.53 Å². The third-order valence-corrected chi connectivity index (χ3v) is 5.50. The lowest BCUT2D eigenvalue weighted by atomic mass is 9.97. The van der Waals surface area contributed by atoms with E-state index in [1.807, 2.05) is 24.8 Å². The lowest BCUT2D eigenvalue weighted by Crippen LogP contribution is -2.37. The minimum Gasteiger partial charge on any atom is -0.496 e. The number of esters is 1. The van der Waals surface area contributed by atoms with Gasteiger partial charge in [-0.25, -0.2) is 9.97 Å². The molecule has 0 amide bonds. The van der Waals surface area contributed by atoms with Gasteiger partial charge in [0.2, 0.25) is 11.6 Å². The van der Waals surface area contributed by atoms with Gasteiger partial charge in [-0.2, -0.15) is 0 Å². The molecule has 1 N–H and O–H groups in total. The molecule has 0 unspecified atom stereocenters. The van der Waals surface area contributed by atoms with Gasteiger partial charge in [-0.15, -0.1) is 0 Å². The van der Waals surface area contributed by atoms with Gasteiger partial charge in [0.05, 0.1) is 24.6 Å². The predicted molar refractivity (Wildman–Crippen MR) is 116 cm³/mol. The Morgan fingerprint density at radius 3 is 2.61 bits per heavy atom. The normalized spacial score (nSPS) is 14.3. The number of methoxy groups -OCH3 is 1. The van der Waals surface area contributed by atoms with E-state index in [2.05, 4.69) is 15.3 Å². The highest BCUT2D eigenvalue weighted by Crippen LogP contribution is 2.36. The molecular weight excluding hydrogens is 402 g/mol. The summed E-state index contributed by atoms with van der Waals surface area (Å²) >= 11 is 0. The van der Waals surface area contributed by atoms with Crippen LogP contribution < -0.4 is 15.0 Å². The van der Waals surface area contributed by atoms with Crippen molar-refractivity contribution < 1.29 is 19.2 Å². The van der Waals surface area contributed by atoms with Gasteiger partial charge < -0.3 is 19.7 Å². The van der Waals surface area contributed by atoms with Gasteiger partial charge in [-0.1, -0.05) is 0 Å². The molecule has 2 aromatic rings. The van der Waals surface area contributed by atoms with Crippen LogP contribution in [0.1, 0.15) is 30.9 Å². The van der Waals surface area contributed by atoms with Crippen molar-refractivity contribution in [2.45, 2.75) is 33.6 Å². The summed E-state index contributed by atoms with van der Waals surface area (Å²) in [4.78, 5) is 33.6. The number of nitrogens with zero attached hydrogens (tertiary/aromatic N) is 4. The van der Waals surface area contributed by atoms with Crippen molar-refractivity contribution in [3.05, 3.63) is 39.7 Å². The molecule has 0 spiro atoms. The molecule has 1 aliphatic rings. The number of rotatable bonds is 7. The lowest BCUT2D eigenvalue weighted by Gasteiger charge is -2.31. The fourth-order valence-electron chi connectivity index (χ4n) is 3.70. The number of aromatic nitrogens is 2. The number of nitro groups is 1. The predicted octanol–water partition coefficient (Wildman–Crippen LogP) is 3.53. The molecule has 2 heterocycles. The summed E-state index contributed by atoms with van der Waals surface area (Å²) < 4.78 is 10.5. The van der Waals surface area contributed by atoms with Crippen molar-refractivity contribution in [2.75, 3.05) is 37.0 Å². The summed E-state index contributed by atoms with van der Waals surface area (Å²) in [6, 6.07) is 3.66. The second kappa shape index (κ2) is 9.59. The quantitative estimate of drug-likeness (QED) is 0.400. The van der Waals surface area contributed by atoms with Crippen LogP contribution in [0.2, 0.25) is 0 Å². The molecular formula is C21H27N5O5. The highest BCUT2D eigenvalue weighted by atomic mass is 16.6. The minimum atomic E-state index is -0.479. The van der Waals surface area contributed by atoms with Crippen molar-refractivity contribution >= 4 is 29.0 Å². The second-order valence-electron chi connectivity index (χ2n) is 7.41. The standard InChI is InChI=1S/C21H27N5O5/c1-5-31-21(27)15-6-8-25(9-7-15)20-18(26(28)29)19(22-12-23-20)24-16-10-13(2)14(3)17(11-16)30-4/h10-12,15H,5-9H2,1-4H3,(H,22,23,24). The zero-order valence-electron chi connectivity index (χ0n) is 18.2. The minimum absolute atomic E-state index is 0.104. The first-order valence-corrected chi connectivity index (χ1v) is 10.2. The average molecular weight is 429 g/mol. The van der Waals surface area contributed by atoms with Crippen molar-refractivity contribution in [1.29, 1.82) is 0 Å². The van der Waals surface area contributed by atoms with Crippen molar-refractivity contribution in [1.82, 2.24) is 9.97 Å². The van der Waals surface area contributed by atoms with E-state index in [0.29, 0.717) is 44.0 Å². The van der Waals surface area contributed by atoms with Crippen LogP contribution in [0.3, 0.4) is 0 Å². The molecule has 1 aromatic carbocycles. The Balaban J connectivity index is 1.87. The Bertz CT molecular complexity index is 973. The van der Waals surface area contributed by atoms with E-state index < -0.39 is 4.92 Å². The van der Waals surface area contributed by atoms with Crippen LogP contribution in [0.4, 0.5) is 23.0 Å². The third-order valence-electron chi connectivity index (χ3n) is 5.50. The molecule has 3 rings (SSSR count). The van der Waals surface area contributed by atoms with Crippen LogP contribution in [-0.4, -0.2) is 47.7 Å². The van der Waals surface area contributed by atoms with Gasteiger partial charge in [0, 0.05) is 24.8 Å². The Hall–Kier alpha value is -3.43. The number of carbonyl (C=O) groups excluding carboxylic acids is 1. The van der Waals surface area contributed by atoms with E-state index in [0.717, 1.165) is 11.1 Å². The molecule has 0 saturated carbocycles. The van der Waals surface area contributed by atoms with Crippen molar-refractivity contribution in [2.24, 2.45) is 5.92 Å². The molecule has 0 bridgehead atoms. The molecule has 1 aromatic heterocycles. The number of ether oxygens (including phenoxy) is 2. The topological polar surface area (TPSA) is 120 Å². The molecule has 0 radical (unpaired) electrons. The monoisotopic (exact) mass is 429 g/mol. The molecule has 10 nitrogen and oxygen atoms in total. The number of hydrogen-bond acceptors (Lipinski definition) is 9. The molecule has 1 aliphatic heterocycles. The second-order valence-corrected chi connectivity index (χ2v) is 7.41. The summed E-state index contributed by atoms with van der Waals surface area (Å²) in [5, 5.41) is 15.0. The number of carbonyl (C=O) groups is 1. The lowest BCUT2D eigenvalue weighted by molar-refractivity contribution is -0.383. The van der Waals surface area contributed by atoms with E-state index in [4.69, 9.17) is 9.47 Å². The maximum absolute atomic E-state index is 12.0. The summed E-state index contributed by atoms with van der Waals surface area (Å²) in [6.07, 6.45) is 2.41. The first-order valence-electron chi connectivity index (χ1n) is 10.2. The van der Waals surface area contributed by atoms with E-state index in [-0.39, 0.29) is 29.2 Å². The maximum Gasteiger partial charge on any atom is 0.353 e. The van der Waals surface area contributed by atoms with Gasteiger partial charge >= 0.3 is 11.7 Å². The molecule has 0 atom stereocenters. The summed E-state index contributed by atoms with van der Waals surface area (Å²) in [5.74, 6) is 0.608. The number of hydrogen-bond donors (Lipinski definition) is 1. The molecule has 31 heavy (non-hydrogen) atoms. The summed E-state index contributed by atoms with van der Waals surface area (Å²) in [6.45, 7) is 6.95. The number of piperidine rings is 1. The molecule has 10 heteroatoms. The molecule has 1 fully saturated rings. The van der Waals surface area contributed by atoms with E-state index in [9.17, 15) is 14.9 Å². The van der Waals surface area contributed by atoms with Gasteiger partial charge in [0.15, 0.2) is 0 Å². The Labute approximate surface area is 180 Å². The fourth-order valence-corrected chi connectivity index (χ4v) is 3.70. The van der Waals surface area contributed by atoms with Gasteiger partial charge in [-0.05, 0) is 50.8 Å². The Morgan fingerprint density at radius 1 is 1.29 bits per heavy atom. The zero-order chi connectivity index (χ0) is 22.5. The largest absolute Gasteiger partial charge is 0.496 e. The van der Waals surface area contributed by atoms with Crippen LogP contribution >= 0.6 is 0 Å². The summed E-state index contributed by atoms with van der Waals surface area (Å²) in [7, 11) is 1.58. The van der Waals surface area contributed by atoms with Crippen LogP contribution in [0.15, 0.2) is 18.5 Å². The smallest absolute Gasteiger partial charge is 0.353 e. The third kappa shape index (κ3) is 4.84. The highest BCUT2D eigenvalue weighted by molar-refractivity contribution is 5.76. The van der Waals surface area contributed by atoms with Crippen LogP contribution in [0.25, 0.3) is 0 Å². The van der Waals surface area contributed by atoms with E-state index >= 15 is 0 Å². The number of anilines is 3. The van der Waals surface area contributed by atoms with Crippen LogP contribution in [0, 0.1) is 29.9 Å². The first-order chi connectivity index (χ1) is 14.8. The van der Waals surface area contributed by atoms with Crippen molar-refractivity contribution in [3.8, 4) is 5.75 Å². The molecule has 166 valence electrons. The number of aryl methyl sites for hydroxylation is 1. The average Bonchev–Trinajstić information content (AvgIpc) is 2.76. The zero-order valence-corrected chi connectivity index (χ0v) is 18.2. The fraction of sp³-hybridized carbons (Fsp3) is 0.476. The number of nitrogens with one attached hydrogen (secondary N) is 1. The van der Waals surface area contributed by atoms with E-state index in [1.54, 1.807) is 20.1 Å². The Kier molecular flexibility index (Phi) is 6.88. The van der Waals surface area contributed by atoms with Gasteiger partial charge in [-0.3, -0.25) is 14.9 Å². The van der Waals surface area contributed by atoms with E-state index in [1.165, 1.54) is 6.33 Å². The van der Waals surface area contributed by atoms with Crippen LogP contribution in [0.5, 0.6) is 5.75 Å². The van der Waals surface area contributed by atoms with Gasteiger partial charge in [0.1, 0.15) is 12.1 Å². The highest BCUT2D eigenvalue weighted by Gasteiger charge is 2.32. The Morgan fingerprint density at radius 2 is 2.00 bits per heavy atom. The maximum atomic E-state index is 12.0. The first kappa shape index (κ1) is 22.3. The molecule has 0 aliphatic carbocycles. The van der Waals surface area contributed by atoms with Crippen molar-refractivity contribution in [3.63, 3.8) is 0 Å². The number of benzene rings is 1. The summed E-state index contributed by atoms with van der Waals surface area (Å²) in [5.41, 5.74) is 2.42.